The summed E-state index contributed by atoms with van der Waals surface area (Å²) in [6, 6.07) is 8.29. The molecule has 0 spiro atoms. The maximum Gasteiger partial charge on any atom is 0.227 e. The van der Waals surface area contributed by atoms with Crippen LogP contribution in [0.25, 0.3) is 0 Å². The average molecular weight is 372 g/mol. The first-order valence-corrected chi connectivity index (χ1v) is 7.66. The fourth-order valence-electron chi connectivity index (χ4n) is 2.81. The quantitative estimate of drug-likeness (QED) is 0.865. The molecule has 132 valence electrons. The van der Waals surface area contributed by atoms with Gasteiger partial charge in [0.15, 0.2) is 0 Å². The number of nitrogens with one attached hydrogen (secondary N) is 2. The SMILES string of the molecule is C[C@H]1C[C@@H](C(=O)Nc2ccc(Cn3cncn3)cc2)CCN1.Cl.Cl. The van der Waals surface area contributed by atoms with Crippen molar-refractivity contribution in [2.75, 3.05) is 11.9 Å². The van der Waals surface area contributed by atoms with Crippen LogP contribution in [0.15, 0.2) is 36.9 Å². The standard InChI is InChI=1S/C16H21N5O.2ClH/c1-12-8-14(6-7-18-12)16(22)20-15-4-2-13(3-5-15)9-21-11-17-10-19-21;;/h2-5,10-12,14,18H,6-9H2,1H3,(H,20,22);2*1H/t12-,14-;;/m0../s1. The van der Waals surface area contributed by atoms with Crippen molar-refractivity contribution >= 4 is 36.4 Å². The van der Waals surface area contributed by atoms with E-state index in [0.717, 1.165) is 30.6 Å². The second-order valence-corrected chi connectivity index (χ2v) is 5.86. The number of carbonyl (C=O) groups excluding carboxylic acids is 1. The zero-order valence-electron chi connectivity index (χ0n) is 13.5. The summed E-state index contributed by atoms with van der Waals surface area (Å²) >= 11 is 0. The summed E-state index contributed by atoms with van der Waals surface area (Å²) < 4.78 is 1.77. The van der Waals surface area contributed by atoms with Gasteiger partial charge in [-0.15, -0.1) is 24.8 Å². The number of anilines is 1. The van der Waals surface area contributed by atoms with Crippen molar-refractivity contribution in [3.8, 4) is 0 Å². The molecule has 1 saturated heterocycles. The van der Waals surface area contributed by atoms with Crippen LogP contribution in [0.2, 0.25) is 0 Å². The fourth-order valence-corrected chi connectivity index (χ4v) is 2.81. The first kappa shape index (κ1) is 20.4. The van der Waals surface area contributed by atoms with Crippen molar-refractivity contribution in [1.82, 2.24) is 20.1 Å². The monoisotopic (exact) mass is 371 g/mol. The van der Waals surface area contributed by atoms with Crippen LogP contribution in [-0.4, -0.2) is 33.3 Å². The van der Waals surface area contributed by atoms with E-state index in [1.807, 2.05) is 24.3 Å². The molecule has 1 aliphatic heterocycles. The minimum absolute atomic E-state index is 0. The van der Waals surface area contributed by atoms with E-state index in [1.54, 1.807) is 11.0 Å². The minimum atomic E-state index is 0. The van der Waals surface area contributed by atoms with E-state index < -0.39 is 0 Å². The molecule has 6 nitrogen and oxygen atoms in total. The van der Waals surface area contributed by atoms with E-state index in [4.69, 9.17) is 0 Å². The largest absolute Gasteiger partial charge is 0.326 e. The Bertz CT molecular complexity index is 618. The van der Waals surface area contributed by atoms with Gasteiger partial charge < -0.3 is 10.6 Å². The Morgan fingerprint density at radius 2 is 2.08 bits per heavy atom. The van der Waals surface area contributed by atoms with Crippen LogP contribution in [0.5, 0.6) is 0 Å². The predicted octanol–water partition coefficient (Wildman–Crippen LogP) is 2.50. The summed E-state index contributed by atoms with van der Waals surface area (Å²) in [6.45, 7) is 3.72. The molecule has 3 rings (SSSR count). The summed E-state index contributed by atoms with van der Waals surface area (Å²) in [6.07, 6.45) is 5.01. The molecule has 1 amide bonds. The maximum absolute atomic E-state index is 12.3. The Morgan fingerprint density at radius 1 is 1.33 bits per heavy atom. The molecule has 2 aromatic rings. The first-order valence-electron chi connectivity index (χ1n) is 7.66. The average Bonchev–Trinajstić information content (AvgIpc) is 3.02. The number of aromatic nitrogens is 3. The van der Waals surface area contributed by atoms with Crippen molar-refractivity contribution in [3.63, 3.8) is 0 Å². The highest BCUT2D eigenvalue weighted by Crippen LogP contribution is 2.19. The third kappa shape index (κ3) is 5.47. The van der Waals surface area contributed by atoms with Gasteiger partial charge in [0.05, 0.1) is 6.54 Å². The Labute approximate surface area is 154 Å². The Kier molecular flexibility index (Phi) is 8.18. The van der Waals surface area contributed by atoms with Gasteiger partial charge in [0.2, 0.25) is 5.91 Å². The highest BCUT2D eigenvalue weighted by atomic mass is 35.5. The van der Waals surface area contributed by atoms with Gasteiger partial charge in [-0.25, -0.2) is 9.67 Å². The van der Waals surface area contributed by atoms with Gasteiger partial charge in [-0.2, -0.15) is 5.10 Å². The molecule has 2 N–H and O–H groups in total. The van der Waals surface area contributed by atoms with E-state index in [2.05, 4.69) is 27.6 Å². The minimum Gasteiger partial charge on any atom is -0.326 e. The van der Waals surface area contributed by atoms with Crippen molar-refractivity contribution in [2.24, 2.45) is 5.92 Å². The maximum atomic E-state index is 12.3. The molecule has 8 heteroatoms. The molecule has 0 unspecified atom stereocenters. The van der Waals surface area contributed by atoms with Crippen LogP contribution >= 0.6 is 24.8 Å². The molecule has 2 atom stereocenters. The zero-order chi connectivity index (χ0) is 15.4. The number of halogens is 2. The van der Waals surface area contributed by atoms with Crippen LogP contribution in [0, 0.1) is 5.92 Å². The van der Waals surface area contributed by atoms with Crippen LogP contribution in [0.4, 0.5) is 5.69 Å². The van der Waals surface area contributed by atoms with E-state index >= 15 is 0 Å². The normalized spacial score (nSPS) is 19.7. The molecule has 1 aromatic carbocycles. The molecular formula is C16H23Cl2N5O. The lowest BCUT2D eigenvalue weighted by Crippen LogP contribution is -2.40. The zero-order valence-corrected chi connectivity index (χ0v) is 15.1. The fraction of sp³-hybridized carbons (Fsp3) is 0.438. The lowest BCUT2D eigenvalue weighted by molar-refractivity contribution is -0.120. The van der Waals surface area contributed by atoms with Crippen molar-refractivity contribution in [3.05, 3.63) is 42.5 Å². The number of carbonyl (C=O) groups is 1. The number of rotatable bonds is 4. The van der Waals surface area contributed by atoms with Gasteiger partial charge in [0.25, 0.3) is 0 Å². The number of nitrogens with zero attached hydrogens (tertiary/aromatic N) is 3. The van der Waals surface area contributed by atoms with Crippen LogP contribution < -0.4 is 10.6 Å². The van der Waals surface area contributed by atoms with Crippen LogP contribution in [-0.2, 0) is 11.3 Å². The van der Waals surface area contributed by atoms with Crippen molar-refractivity contribution < 1.29 is 4.79 Å². The van der Waals surface area contributed by atoms with Crippen LogP contribution in [0.1, 0.15) is 25.3 Å². The highest BCUT2D eigenvalue weighted by molar-refractivity contribution is 5.92. The van der Waals surface area contributed by atoms with Gasteiger partial charge >= 0.3 is 0 Å². The summed E-state index contributed by atoms with van der Waals surface area (Å²) in [5, 5.41) is 10.5. The van der Waals surface area contributed by atoms with E-state index in [-0.39, 0.29) is 36.6 Å². The number of piperidine rings is 1. The molecule has 0 saturated carbocycles. The molecule has 0 radical (unpaired) electrons. The molecule has 0 aliphatic carbocycles. The van der Waals surface area contributed by atoms with Crippen molar-refractivity contribution in [1.29, 1.82) is 0 Å². The lowest BCUT2D eigenvalue weighted by atomic mass is 9.92. The van der Waals surface area contributed by atoms with E-state index in [0.29, 0.717) is 12.6 Å². The van der Waals surface area contributed by atoms with Gasteiger partial charge in [0, 0.05) is 17.6 Å². The molecule has 2 heterocycles. The summed E-state index contributed by atoms with van der Waals surface area (Å²) in [7, 11) is 0. The van der Waals surface area contributed by atoms with Gasteiger partial charge in [-0.1, -0.05) is 12.1 Å². The molecule has 24 heavy (non-hydrogen) atoms. The Morgan fingerprint density at radius 3 is 2.71 bits per heavy atom. The van der Waals surface area contributed by atoms with E-state index in [1.165, 1.54) is 6.33 Å². The third-order valence-electron chi connectivity index (χ3n) is 4.03. The smallest absolute Gasteiger partial charge is 0.227 e. The number of hydrogen-bond donors (Lipinski definition) is 2. The molecular weight excluding hydrogens is 349 g/mol. The van der Waals surface area contributed by atoms with Gasteiger partial charge in [-0.05, 0) is 44.0 Å². The summed E-state index contributed by atoms with van der Waals surface area (Å²) in [5.74, 6) is 0.225. The number of benzene rings is 1. The molecule has 1 aliphatic rings. The molecule has 1 aromatic heterocycles. The Balaban J connectivity index is 0.00000144. The van der Waals surface area contributed by atoms with Gasteiger partial charge in [0.1, 0.15) is 12.7 Å². The molecule has 1 fully saturated rings. The van der Waals surface area contributed by atoms with Crippen molar-refractivity contribution in [2.45, 2.75) is 32.4 Å². The third-order valence-corrected chi connectivity index (χ3v) is 4.03. The van der Waals surface area contributed by atoms with Gasteiger partial charge in [-0.3, -0.25) is 4.79 Å². The number of hydrogen-bond acceptors (Lipinski definition) is 4. The second-order valence-electron chi connectivity index (χ2n) is 5.86. The number of amides is 1. The topological polar surface area (TPSA) is 71.8 Å². The summed E-state index contributed by atoms with van der Waals surface area (Å²) in [4.78, 5) is 16.2. The first-order chi connectivity index (χ1) is 10.7. The van der Waals surface area contributed by atoms with E-state index in [9.17, 15) is 4.79 Å². The second kappa shape index (κ2) is 9.61. The predicted molar refractivity (Wildman–Crippen MR) is 98.9 cm³/mol. The Hall–Kier alpha value is -1.63. The lowest BCUT2D eigenvalue weighted by Gasteiger charge is -2.27. The van der Waals surface area contributed by atoms with Crippen LogP contribution in [0.3, 0.4) is 0 Å². The molecule has 0 bridgehead atoms. The highest BCUT2D eigenvalue weighted by Gasteiger charge is 2.24. The summed E-state index contributed by atoms with van der Waals surface area (Å²) in [5.41, 5.74) is 1.97.